The Bertz CT molecular complexity index is 873. The molecular weight excluding hydrogens is 437 g/mol. The Balaban J connectivity index is 1.76. The van der Waals surface area contributed by atoms with Gasteiger partial charge in [-0.05, 0) is 38.0 Å². The van der Waals surface area contributed by atoms with Crippen LogP contribution in [-0.2, 0) is 15.7 Å². The Morgan fingerprint density at radius 2 is 2.15 bits per heavy atom. The van der Waals surface area contributed by atoms with Crippen molar-refractivity contribution in [3.05, 3.63) is 29.3 Å². The van der Waals surface area contributed by atoms with Gasteiger partial charge in [0.1, 0.15) is 0 Å². The Morgan fingerprint density at radius 3 is 2.82 bits per heavy atom. The molecule has 0 aromatic heterocycles. The third kappa shape index (κ3) is 5.71. The van der Waals surface area contributed by atoms with E-state index in [9.17, 15) is 18.0 Å². The summed E-state index contributed by atoms with van der Waals surface area (Å²) in [6.45, 7) is 6.22. The van der Waals surface area contributed by atoms with Gasteiger partial charge in [0.25, 0.3) is 0 Å². The largest absolute Gasteiger partial charge is 0.417 e. The van der Waals surface area contributed by atoms with E-state index in [2.05, 4.69) is 5.32 Å². The third-order valence-corrected chi connectivity index (χ3v) is 6.61. The molecule has 2 aliphatic heterocycles. The normalized spacial score (nSPS) is 22.7. The summed E-state index contributed by atoms with van der Waals surface area (Å²) in [5.41, 5.74) is -1.09. The smallest absolute Gasteiger partial charge is 0.385 e. The van der Waals surface area contributed by atoms with Gasteiger partial charge in [-0.3, -0.25) is 0 Å². The fourth-order valence-electron chi connectivity index (χ4n) is 4.80. The van der Waals surface area contributed by atoms with Crippen LogP contribution in [0.2, 0.25) is 0 Å². The van der Waals surface area contributed by atoms with Crippen molar-refractivity contribution in [2.24, 2.45) is 11.3 Å². The minimum absolute atomic E-state index is 0.0625. The van der Waals surface area contributed by atoms with Crippen molar-refractivity contribution in [2.75, 3.05) is 64.6 Å². The molecule has 2 amide bonds. The van der Waals surface area contributed by atoms with Crippen molar-refractivity contribution in [3.8, 4) is 6.07 Å². The summed E-state index contributed by atoms with van der Waals surface area (Å²) in [6, 6.07) is 5.35. The lowest BCUT2D eigenvalue weighted by atomic mass is 9.73. The zero-order valence-corrected chi connectivity index (χ0v) is 19.1. The van der Waals surface area contributed by atoms with Crippen molar-refractivity contribution in [3.63, 3.8) is 0 Å². The van der Waals surface area contributed by atoms with Crippen LogP contribution in [-0.4, -0.2) is 70.6 Å². The average Bonchev–Trinajstić information content (AvgIpc) is 3.18. The summed E-state index contributed by atoms with van der Waals surface area (Å²) in [6.07, 6.45) is -3.18. The number of halogens is 3. The van der Waals surface area contributed by atoms with Crippen LogP contribution < -0.4 is 10.2 Å². The molecule has 7 nitrogen and oxygen atoms in total. The molecule has 2 heterocycles. The second kappa shape index (κ2) is 10.6. The molecule has 33 heavy (non-hydrogen) atoms. The number of hydrogen-bond acceptors (Lipinski definition) is 5. The molecule has 0 spiro atoms. The molecular formula is C23H31F3N4O3. The molecule has 1 aromatic carbocycles. The van der Waals surface area contributed by atoms with Crippen LogP contribution in [0.15, 0.2) is 18.2 Å². The minimum atomic E-state index is -4.60. The number of likely N-dealkylation sites (tertiary alicyclic amines) is 1. The zero-order chi connectivity index (χ0) is 24.1. The first-order valence-electron chi connectivity index (χ1n) is 11.2. The van der Waals surface area contributed by atoms with Crippen LogP contribution >= 0.6 is 0 Å². The molecule has 2 atom stereocenters. The lowest BCUT2D eigenvalue weighted by molar-refractivity contribution is -0.137. The maximum atomic E-state index is 13.4. The number of piperidine rings is 1. The highest BCUT2D eigenvalue weighted by molar-refractivity contribution is 5.74. The highest BCUT2D eigenvalue weighted by Crippen LogP contribution is 2.45. The number of ether oxygens (including phenoxy) is 2. The number of nitriles is 1. The number of amides is 2. The number of benzene rings is 1. The number of methoxy groups -OCH3 is 1. The van der Waals surface area contributed by atoms with Crippen molar-refractivity contribution >= 4 is 11.7 Å². The van der Waals surface area contributed by atoms with Crippen LogP contribution in [0.1, 0.15) is 30.9 Å². The van der Waals surface area contributed by atoms with E-state index < -0.39 is 11.7 Å². The first-order valence-corrected chi connectivity index (χ1v) is 11.2. The SMILES string of the molecule is CCOCC12CCN(c3ccc(C#N)c(C(F)(F)F)c3)CC1CN(C(=O)NCCCOC)C2. The van der Waals surface area contributed by atoms with Crippen LogP contribution in [0.4, 0.5) is 23.7 Å². The number of fused-ring (bicyclic) bond motifs is 1. The molecule has 1 aromatic rings. The number of hydrogen-bond donors (Lipinski definition) is 1. The number of nitrogens with zero attached hydrogens (tertiary/aromatic N) is 3. The van der Waals surface area contributed by atoms with E-state index in [-0.39, 0.29) is 22.9 Å². The number of carbonyl (C=O) groups excluding carboxylic acids is 1. The predicted molar refractivity (Wildman–Crippen MR) is 117 cm³/mol. The van der Waals surface area contributed by atoms with Crippen LogP contribution in [0.5, 0.6) is 0 Å². The number of urea groups is 1. The molecule has 0 saturated carbocycles. The summed E-state index contributed by atoms with van der Waals surface area (Å²) in [5, 5.41) is 12.0. The van der Waals surface area contributed by atoms with Gasteiger partial charge in [0.15, 0.2) is 0 Å². The summed E-state index contributed by atoms with van der Waals surface area (Å²) in [4.78, 5) is 16.4. The predicted octanol–water partition coefficient (Wildman–Crippen LogP) is 3.49. The van der Waals surface area contributed by atoms with Gasteiger partial charge in [-0.15, -0.1) is 0 Å². The summed E-state index contributed by atoms with van der Waals surface area (Å²) < 4.78 is 51.1. The van der Waals surface area contributed by atoms with Crippen molar-refractivity contribution in [1.29, 1.82) is 5.26 Å². The first-order chi connectivity index (χ1) is 15.7. The van der Waals surface area contributed by atoms with E-state index in [0.717, 1.165) is 12.5 Å². The van der Waals surface area contributed by atoms with E-state index >= 15 is 0 Å². The maximum absolute atomic E-state index is 13.4. The Morgan fingerprint density at radius 1 is 1.36 bits per heavy atom. The van der Waals surface area contributed by atoms with Gasteiger partial charge in [0, 0.05) is 70.1 Å². The van der Waals surface area contributed by atoms with E-state index in [1.807, 2.05) is 11.8 Å². The van der Waals surface area contributed by atoms with E-state index in [1.165, 1.54) is 6.07 Å². The summed E-state index contributed by atoms with van der Waals surface area (Å²) in [5.74, 6) is 0.0625. The van der Waals surface area contributed by atoms with Gasteiger partial charge >= 0.3 is 12.2 Å². The van der Waals surface area contributed by atoms with Gasteiger partial charge in [0.05, 0.1) is 23.8 Å². The van der Waals surface area contributed by atoms with Gasteiger partial charge in [-0.2, -0.15) is 18.4 Å². The standard InChI is InChI=1S/C23H31F3N4O3/c1-3-33-16-22-7-9-29(19-6-5-17(12-27)20(11-19)23(24,25)26)13-18(22)14-30(15-22)21(31)28-8-4-10-32-2/h5-6,11,18H,3-4,7-10,13-16H2,1-2H3,(H,28,31). The fourth-order valence-corrected chi connectivity index (χ4v) is 4.80. The van der Waals surface area contributed by atoms with E-state index in [1.54, 1.807) is 24.1 Å². The number of alkyl halides is 3. The molecule has 10 heteroatoms. The number of rotatable bonds is 8. The third-order valence-electron chi connectivity index (χ3n) is 6.61. The Kier molecular flexibility index (Phi) is 8.08. The lowest BCUT2D eigenvalue weighted by Gasteiger charge is -2.44. The van der Waals surface area contributed by atoms with Gasteiger partial charge in [-0.1, -0.05) is 0 Å². The average molecular weight is 469 g/mol. The number of nitrogens with one attached hydrogen (secondary N) is 1. The maximum Gasteiger partial charge on any atom is 0.417 e. The Labute approximate surface area is 192 Å². The molecule has 182 valence electrons. The van der Waals surface area contributed by atoms with E-state index in [0.29, 0.717) is 64.7 Å². The molecule has 2 fully saturated rings. The second-order valence-corrected chi connectivity index (χ2v) is 8.69. The van der Waals surface area contributed by atoms with Crippen LogP contribution in [0.25, 0.3) is 0 Å². The van der Waals surface area contributed by atoms with Gasteiger partial charge in [0.2, 0.25) is 0 Å². The lowest BCUT2D eigenvalue weighted by Crippen LogP contribution is -2.49. The summed E-state index contributed by atoms with van der Waals surface area (Å²) >= 11 is 0. The zero-order valence-electron chi connectivity index (χ0n) is 19.1. The molecule has 3 rings (SSSR count). The van der Waals surface area contributed by atoms with Crippen molar-refractivity contribution in [2.45, 2.75) is 25.9 Å². The van der Waals surface area contributed by atoms with Crippen molar-refractivity contribution < 1.29 is 27.4 Å². The van der Waals surface area contributed by atoms with Gasteiger partial charge < -0.3 is 24.6 Å². The molecule has 0 radical (unpaired) electrons. The second-order valence-electron chi connectivity index (χ2n) is 8.69. The number of anilines is 1. The molecule has 0 aliphatic carbocycles. The van der Waals surface area contributed by atoms with E-state index in [4.69, 9.17) is 14.7 Å². The molecule has 2 unspecified atom stereocenters. The van der Waals surface area contributed by atoms with Crippen LogP contribution in [0.3, 0.4) is 0 Å². The van der Waals surface area contributed by atoms with Gasteiger partial charge in [-0.25, -0.2) is 4.79 Å². The summed E-state index contributed by atoms with van der Waals surface area (Å²) in [7, 11) is 1.61. The fraction of sp³-hybridized carbons (Fsp3) is 0.652. The number of carbonyl (C=O) groups is 1. The highest BCUT2D eigenvalue weighted by atomic mass is 19.4. The molecule has 0 bridgehead atoms. The molecule has 2 saturated heterocycles. The minimum Gasteiger partial charge on any atom is -0.385 e. The first kappa shape index (κ1) is 25.1. The monoisotopic (exact) mass is 468 g/mol. The quantitative estimate of drug-likeness (QED) is 0.591. The molecule has 2 aliphatic rings. The highest BCUT2D eigenvalue weighted by Gasteiger charge is 2.51. The van der Waals surface area contributed by atoms with Crippen LogP contribution in [0, 0.1) is 22.7 Å². The topological polar surface area (TPSA) is 77.8 Å². The molecule has 1 N–H and O–H groups in total. The Hall–Kier alpha value is -2.51. The van der Waals surface area contributed by atoms with Crippen molar-refractivity contribution in [1.82, 2.24) is 10.2 Å².